The van der Waals surface area contributed by atoms with E-state index in [-0.39, 0.29) is 24.5 Å². The summed E-state index contributed by atoms with van der Waals surface area (Å²) >= 11 is 6.25. The summed E-state index contributed by atoms with van der Waals surface area (Å²) in [5.74, 6) is -0.485. The highest BCUT2D eigenvalue weighted by Crippen LogP contribution is 2.29. The van der Waals surface area contributed by atoms with Gasteiger partial charge in [-0.3, -0.25) is 14.1 Å². The second-order valence-electron chi connectivity index (χ2n) is 6.39. The predicted molar refractivity (Wildman–Crippen MR) is 101 cm³/mol. The van der Waals surface area contributed by atoms with Crippen molar-refractivity contribution in [3.05, 3.63) is 86.6 Å². The van der Waals surface area contributed by atoms with Gasteiger partial charge in [0.2, 0.25) is 0 Å². The largest absolute Gasteiger partial charge is 0.459 e. The number of cyclic esters (lactones) is 1. The Labute approximate surface area is 159 Å². The van der Waals surface area contributed by atoms with Crippen molar-refractivity contribution in [3.8, 4) is 5.69 Å². The Kier molecular flexibility index (Phi) is 3.55. The first-order chi connectivity index (χ1) is 13.1. The molecule has 0 aliphatic carbocycles. The molecule has 0 amide bonds. The Morgan fingerprint density at radius 2 is 1.89 bits per heavy atom. The van der Waals surface area contributed by atoms with Crippen molar-refractivity contribution in [2.45, 2.75) is 13.1 Å². The molecule has 2 aliphatic rings. The number of benzene rings is 2. The van der Waals surface area contributed by atoms with Crippen molar-refractivity contribution in [2.24, 2.45) is 4.99 Å². The van der Waals surface area contributed by atoms with Gasteiger partial charge in [-0.15, -0.1) is 0 Å². The smallest absolute Gasteiger partial charge is 0.357 e. The average molecular weight is 380 g/mol. The summed E-state index contributed by atoms with van der Waals surface area (Å²) < 4.78 is 8.20. The molecule has 7 heteroatoms. The Morgan fingerprint density at radius 3 is 2.70 bits per heavy atom. The summed E-state index contributed by atoms with van der Waals surface area (Å²) in [4.78, 5) is 30.2. The molecule has 3 aromatic rings. The van der Waals surface area contributed by atoms with E-state index < -0.39 is 5.97 Å². The molecule has 0 saturated carbocycles. The van der Waals surface area contributed by atoms with Gasteiger partial charge in [0.25, 0.3) is 0 Å². The number of hydrogen-bond donors (Lipinski definition) is 0. The molecule has 0 atom stereocenters. The maximum Gasteiger partial charge on any atom is 0.357 e. The minimum absolute atomic E-state index is 0.196. The van der Waals surface area contributed by atoms with Gasteiger partial charge in [0.1, 0.15) is 6.61 Å². The fourth-order valence-corrected chi connectivity index (χ4v) is 3.87. The summed E-state index contributed by atoms with van der Waals surface area (Å²) in [6, 6.07) is 15.1. The molecule has 2 aromatic carbocycles. The van der Waals surface area contributed by atoms with Crippen molar-refractivity contribution in [2.75, 3.05) is 6.61 Å². The van der Waals surface area contributed by atoms with Gasteiger partial charge in [-0.25, -0.2) is 9.59 Å². The van der Waals surface area contributed by atoms with E-state index in [4.69, 9.17) is 21.3 Å². The highest BCUT2D eigenvalue weighted by atomic mass is 35.5. The molecule has 0 N–H and O–H groups in total. The molecule has 1 aromatic heterocycles. The van der Waals surface area contributed by atoms with Gasteiger partial charge >= 0.3 is 11.7 Å². The first-order valence-electron chi connectivity index (χ1n) is 8.57. The van der Waals surface area contributed by atoms with Crippen molar-refractivity contribution in [1.82, 2.24) is 9.13 Å². The third-order valence-corrected chi connectivity index (χ3v) is 5.10. The van der Waals surface area contributed by atoms with Gasteiger partial charge in [0, 0.05) is 16.1 Å². The molecule has 6 nitrogen and oxygen atoms in total. The highest BCUT2D eigenvalue weighted by molar-refractivity contribution is 6.31. The van der Waals surface area contributed by atoms with Gasteiger partial charge < -0.3 is 4.74 Å². The Balaban J connectivity index is 1.84. The van der Waals surface area contributed by atoms with Gasteiger partial charge in [-0.1, -0.05) is 41.9 Å². The van der Waals surface area contributed by atoms with Crippen LogP contribution in [0.25, 0.3) is 5.69 Å². The number of aliphatic imine (C=N–C) groups is 1. The van der Waals surface area contributed by atoms with Crippen LogP contribution >= 0.6 is 11.6 Å². The summed E-state index contributed by atoms with van der Waals surface area (Å²) in [6.45, 7) is 0.739. The van der Waals surface area contributed by atoms with Crippen LogP contribution < -0.4 is 5.69 Å². The number of halogens is 1. The highest BCUT2D eigenvalue weighted by Gasteiger charge is 2.32. The maximum atomic E-state index is 13.1. The van der Waals surface area contributed by atoms with E-state index in [1.54, 1.807) is 22.8 Å². The van der Waals surface area contributed by atoms with E-state index in [9.17, 15) is 9.59 Å². The second-order valence-corrected chi connectivity index (χ2v) is 6.83. The lowest BCUT2D eigenvalue weighted by molar-refractivity contribution is 0.0418. The molecular weight excluding hydrogens is 366 g/mol. The van der Waals surface area contributed by atoms with Crippen molar-refractivity contribution < 1.29 is 9.53 Å². The quantitative estimate of drug-likeness (QED) is 0.611. The number of nitrogens with zero attached hydrogens (tertiary/aromatic N) is 3. The van der Waals surface area contributed by atoms with Crippen LogP contribution in [-0.4, -0.2) is 27.4 Å². The maximum absolute atomic E-state index is 13.1. The monoisotopic (exact) mass is 379 g/mol. The van der Waals surface area contributed by atoms with Crippen LogP contribution in [0.2, 0.25) is 5.02 Å². The zero-order chi connectivity index (χ0) is 18.5. The zero-order valence-corrected chi connectivity index (χ0v) is 14.9. The molecule has 134 valence electrons. The van der Waals surface area contributed by atoms with E-state index in [1.807, 2.05) is 30.3 Å². The zero-order valence-electron chi connectivity index (χ0n) is 14.2. The third-order valence-electron chi connectivity index (χ3n) is 4.87. The number of hydrogen-bond acceptors (Lipinski definition) is 4. The number of carbonyl (C=O) groups is 1. The lowest BCUT2D eigenvalue weighted by atomic mass is 10.0. The van der Waals surface area contributed by atoms with Crippen molar-refractivity contribution >= 4 is 23.3 Å². The van der Waals surface area contributed by atoms with Crippen LogP contribution in [0.1, 0.15) is 27.3 Å². The molecule has 2 aliphatic heterocycles. The Bertz CT molecular complexity index is 1180. The average Bonchev–Trinajstić information content (AvgIpc) is 2.86. The van der Waals surface area contributed by atoms with Crippen LogP contribution in [-0.2, 0) is 17.8 Å². The number of aromatic nitrogens is 2. The molecule has 0 saturated heterocycles. The Hall–Kier alpha value is -3.12. The third kappa shape index (κ3) is 2.37. The van der Waals surface area contributed by atoms with Gasteiger partial charge in [0.15, 0.2) is 5.69 Å². The molecule has 27 heavy (non-hydrogen) atoms. The molecular formula is C20H14ClN3O3. The molecule has 0 spiro atoms. The molecule has 3 heterocycles. The van der Waals surface area contributed by atoms with Crippen LogP contribution in [0, 0.1) is 0 Å². The molecule has 5 rings (SSSR count). The number of fused-ring (bicyclic) bond motifs is 5. The van der Waals surface area contributed by atoms with E-state index >= 15 is 0 Å². The second kappa shape index (κ2) is 5.96. The number of imidazole rings is 1. The first kappa shape index (κ1) is 16.1. The summed E-state index contributed by atoms with van der Waals surface area (Å²) in [7, 11) is 0. The molecule has 0 fully saturated rings. The van der Waals surface area contributed by atoms with Gasteiger partial charge in [-0.2, -0.15) is 0 Å². The fraction of sp³-hybridized carbons (Fsp3) is 0.150. The number of esters is 1. The van der Waals surface area contributed by atoms with Crippen molar-refractivity contribution in [3.63, 3.8) is 0 Å². The standard InChI is InChI=1S/C20H14ClN3O3/c21-13-6-7-15-14(10-13)17(12-4-2-1-3-5-12)22-11-16-18-19(25)27-9-8-23(18)20(26)24(15)16/h1-7,10H,8-9,11H2. The topological polar surface area (TPSA) is 65.6 Å². The molecule has 0 bridgehead atoms. The van der Waals surface area contributed by atoms with Gasteiger partial charge in [0.05, 0.1) is 30.2 Å². The van der Waals surface area contributed by atoms with E-state index in [1.165, 1.54) is 4.57 Å². The van der Waals surface area contributed by atoms with E-state index in [2.05, 4.69) is 0 Å². The van der Waals surface area contributed by atoms with Crippen LogP contribution in [0.4, 0.5) is 0 Å². The molecule has 0 radical (unpaired) electrons. The van der Waals surface area contributed by atoms with E-state index in [0.29, 0.717) is 22.9 Å². The number of carbonyl (C=O) groups excluding carboxylic acids is 1. The lowest BCUT2D eigenvalue weighted by Crippen LogP contribution is -2.31. The lowest BCUT2D eigenvalue weighted by Gasteiger charge is -2.14. The van der Waals surface area contributed by atoms with Crippen LogP contribution in [0.15, 0.2) is 58.3 Å². The fourth-order valence-electron chi connectivity index (χ4n) is 3.70. The summed E-state index contributed by atoms with van der Waals surface area (Å²) in [5.41, 5.74) is 3.64. The SMILES string of the molecule is O=C1OCCn2c1c1n(c2=O)-c2ccc(Cl)cc2C(c2ccccc2)=NC1. The van der Waals surface area contributed by atoms with E-state index in [0.717, 1.165) is 16.8 Å². The number of rotatable bonds is 1. The predicted octanol–water partition coefficient (Wildman–Crippen LogP) is 2.81. The Morgan fingerprint density at radius 1 is 1.07 bits per heavy atom. The normalized spacial score (nSPS) is 15.1. The van der Waals surface area contributed by atoms with Crippen LogP contribution in [0.3, 0.4) is 0 Å². The summed E-state index contributed by atoms with van der Waals surface area (Å²) in [5, 5.41) is 0.553. The number of ether oxygens (including phenoxy) is 1. The first-order valence-corrected chi connectivity index (χ1v) is 8.94. The van der Waals surface area contributed by atoms with Crippen molar-refractivity contribution in [1.29, 1.82) is 0 Å². The molecule has 0 unspecified atom stereocenters. The minimum Gasteiger partial charge on any atom is -0.459 e. The minimum atomic E-state index is -0.485. The summed E-state index contributed by atoms with van der Waals surface area (Å²) in [6.07, 6.45) is 0. The van der Waals surface area contributed by atoms with Gasteiger partial charge in [-0.05, 0) is 18.2 Å². The van der Waals surface area contributed by atoms with Crippen LogP contribution in [0.5, 0.6) is 0 Å².